The van der Waals surface area contributed by atoms with Gasteiger partial charge in [0.25, 0.3) is 0 Å². The maximum absolute atomic E-state index is 12.8. The van der Waals surface area contributed by atoms with Gasteiger partial charge in [-0.2, -0.15) is 18.4 Å². The fraction of sp³-hybridized carbons (Fsp3) is 0.238. The van der Waals surface area contributed by atoms with E-state index < -0.39 is 23.8 Å². The van der Waals surface area contributed by atoms with Crippen molar-refractivity contribution < 1.29 is 32.2 Å². The molecule has 0 saturated heterocycles. The van der Waals surface area contributed by atoms with Crippen molar-refractivity contribution in [2.24, 2.45) is 0 Å². The van der Waals surface area contributed by atoms with Crippen molar-refractivity contribution in [3.8, 4) is 35.7 Å². The van der Waals surface area contributed by atoms with Crippen LogP contribution >= 0.6 is 11.6 Å². The van der Waals surface area contributed by atoms with Crippen LogP contribution in [0.5, 0.6) is 17.2 Å². The molecule has 5 nitrogen and oxygen atoms in total. The molecule has 1 atom stereocenters. The van der Waals surface area contributed by atoms with Crippen LogP contribution in [0.2, 0.25) is 5.02 Å². The van der Waals surface area contributed by atoms with Crippen molar-refractivity contribution in [1.29, 1.82) is 5.26 Å². The van der Waals surface area contributed by atoms with Gasteiger partial charge in [0.15, 0.2) is 12.7 Å². The molecule has 0 N–H and O–H groups in total. The molecule has 0 aliphatic carbocycles. The Bertz CT molecular complexity index is 1010. The smallest absolute Gasteiger partial charge is 0.416 e. The molecule has 0 saturated carbocycles. The summed E-state index contributed by atoms with van der Waals surface area (Å²) in [5.41, 5.74) is -0.802. The molecule has 9 heteroatoms. The number of hydrogen-bond donors (Lipinski definition) is 0. The molecule has 0 aromatic heterocycles. The molecule has 0 fully saturated rings. The Hall–Kier alpha value is -3.36. The van der Waals surface area contributed by atoms with Crippen LogP contribution in [0.3, 0.4) is 0 Å². The molecule has 30 heavy (non-hydrogen) atoms. The van der Waals surface area contributed by atoms with Crippen LogP contribution in [0.1, 0.15) is 24.5 Å². The second-order valence-electron chi connectivity index (χ2n) is 5.84. The number of ether oxygens (including phenoxy) is 3. The normalized spacial score (nSPS) is 11.7. The molecule has 2 aromatic carbocycles. The summed E-state index contributed by atoms with van der Waals surface area (Å²) >= 11 is 5.89. The molecule has 0 heterocycles. The lowest BCUT2D eigenvalue weighted by Crippen LogP contribution is -2.29. The van der Waals surface area contributed by atoms with Crippen molar-refractivity contribution in [1.82, 2.24) is 0 Å². The molecule has 0 aliphatic rings. The number of carbonyl (C=O) groups is 1. The third kappa shape index (κ3) is 5.82. The number of benzene rings is 2. The fourth-order valence-corrected chi connectivity index (χ4v) is 2.52. The lowest BCUT2D eigenvalue weighted by molar-refractivity contribution is -0.150. The van der Waals surface area contributed by atoms with Gasteiger partial charge in [-0.3, -0.25) is 0 Å². The van der Waals surface area contributed by atoms with E-state index in [1.807, 2.05) is 6.07 Å². The van der Waals surface area contributed by atoms with E-state index in [1.54, 1.807) is 6.92 Å². The van der Waals surface area contributed by atoms with Crippen molar-refractivity contribution in [3.05, 3.63) is 52.5 Å². The number of hydrogen-bond acceptors (Lipinski definition) is 5. The molecule has 2 rings (SSSR count). The second-order valence-corrected chi connectivity index (χ2v) is 6.25. The van der Waals surface area contributed by atoms with Gasteiger partial charge in [-0.15, -0.1) is 6.42 Å². The Morgan fingerprint density at radius 2 is 1.97 bits per heavy atom. The molecular formula is C21H15ClF3NO4. The molecule has 0 bridgehead atoms. The molecule has 1 unspecified atom stereocenters. The van der Waals surface area contributed by atoms with Crippen LogP contribution in [0.15, 0.2) is 36.4 Å². The van der Waals surface area contributed by atoms with Gasteiger partial charge in [-0.05, 0) is 36.8 Å². The fourth-order valence-electron chi connectivity index (χ4n) is 2.30. The van der Waals surface area contributed by atoms with E-state index in [1.165, 1.54) is 18.2 Å². The van der Waals surface area contributed by atoms with Crippen molar-refractivity contribution in [2.45, 2.75) is 25.6 Å². The zero-order chi connectivity index (χ0) is 22.3. The number of halogens is 4. The third-order valence-corrected chi connectivity index (χ3v) is 4.06. The number of carbonyl (C=O) groups excluding carboxylic acids is 1. The van der Waals surface area contributed by atoms with Crippen LogP contribution in [0.25, 0.3) is 0 Å². The summed E-state index contributed by atoms with van der Waals surface area (Å²) < 4.78 is 54.3. The van der Waals surface area contributed by atoms with Gasteiger partial charge in [0.05, 0.1) is 16.1 Å². The van der Waals surface area contributed by atoms with Gasteiger partial charge in [-0.1, -0.05) is 24.4 Å². The summed E-state index contributed by atoms with van der Waals surface area (Å²) in [5, 5.41) is 9.03. The van der Waals surface area contributed by atoms with E-state index in [-0.39, 0.29) is 40.9 Å². The Kier molecular flexibility index (Phi) is 7.57. The van der Waals surface area contributed by atoms with Crippen molar-refractivity contribution >= 4 is 17.6 Å². The average Bonchev–Trinajstić information content (AvgIpc) is 2.71. The van der Waals surface area contributed by atoms with Gasteiger partial charge < -0.3 is 14.2 Å². The lowest BCUT2D eigenvalue weighted by atomic mass is 10.2. The predicted octanol–water partition coefficient (Wildman–Crippen LogP) is 5.36. The minimum atomic E-state index is -4.54. The van der Waals surface area contributed by atoms with Gasteiger partial charge >= 0.3 is 12.1 Å². The molecule has 0 amide bonds. The van der Waals surface area contributed by atoms with Gasteiger partial charge in [-0.25, -0.2) is 4.79 Å². The predicted molar refractivity (Wildman–Crippen MR) is 102 cm³/mol. The average molecular weight is 438 g/mol. The maximum Gasteiger partial charge on any atom is 0.416 e. The first-order valence-corrected chi connectivity index (χ1v) is 8.92. The first kappa shape index (κ1) is 22.9. The molecule has 0 spiro atoms. The Labute approximate surface area is 175 Å². The minimum absolute atomic E-state index is 0.0270. The van der Waals surface area contributed by atoms with Crippen molar-refractivity contribution in [2.75, 3.05) is 6.61 Å². The van der Waals surface area contributed by atoms with E-state index in [9.17, 15) is 23.2 Å². The monoisotopic (exact) mass is 437 g/mol. The maximum atomic E-state index is 12.8. The SMILES string of the molecule is C#CCOC(=O)C(CC)Oc1cc(Oc2ccc(C(F)(F)F)cc2Cl)ccc1C#N. The molecule has 0 radical (unpaired) electrons. The highest BCUT2D eigenvalue weighted by Gasteiger charge is 2.31. The summed E-state index contributed by atoms with van der Waals surface area (Å²) in [6.45, 7) is 1.45. The topological polar surface area (TPSA) is 68.6 Å². The molecule has 0 aliphatic heterocycles. The van der Waals surface area contributed by atoms with Gasteiger partial charge in [0, 0.05) is 6.07 Å². The Morgan fingerprint density at radius 3 is 2.53 bits per heavy atom. The summed E-state index contributed by atoms with van der Waals surface area (Å²) in [6.07, 6.45) is -0.265. The standard InChI is InChI=1S/C21H15ClF3NO4/c1-3-9-28-20(27)17(4-2)30-19-11-15(7-5-13(19)12-26)29-18-8-6-14(10-16(18)22)21(23,24)25/h1,5-8,10-11,17H,4,9H2,2H3. The Balaban J connectivity index is 2.27. The van der Waals surface area contributed by atoms with Gasteiger partial charge in [0.2, 0.25) is 0 Å². The van der Waals surface area contributed by atoms with Crippen LogP contribution in [0.4, 0.5) is 13.2 Å². The zero-order valence-electron chi connectivity index (χ0n) is 15.6. The van der Waals surface area contributed by atoms with E-state index >= 15 is 0 Å². The van der Waals surface area contributed by atoms with Gasteiger partial charge in [0.1, 0.15) is 23.3 Å². The minimum Gasteiger partial charge on any atom is -0.477 e. The van der Waals surface area contributed by atoms with Crippen LogP contribution in [-0.2, 0) is 15.7 Å². The first-order valence-electron chi connectivity index (χ1n) is 8.55. The van der Waals surface area contributed by atoms with E-state index in [4.69, 9.17) is 32.2 Å². The number of nitriles is 1. The number of terminal acetylenes is 1. The quantitative estimate of drug-likeness (QED) is 0.431. The van der Waals surface area contributed by atoms with Crippen LogP contribution in [0, 0.1) is 23.7 Å². The molecule has 156 valence electrons. The van der Waals surface area contributed by atoms with E-state index in [0.717, 1.165) is 18.2 Å². The molecular weight excluding hydrogens is 423 g/mol. The number of rotatable bonds is 7. The van der Waals surface area contributed by atoms with E-state index in [2.05, 4.69) is 5.92 Å². The van der Waals surface area contributed by atoms with Crippen LogP contribution < -0.4 is 9.47 Å². The Morgan fingerprint density at radius 1 is 1.23 bits per heavy atom. The summed E-state index contributed by atoms with van der Waals surface area (Å²) in [6, 6.07) is 8.68. The largest absolute Gasteiger partial charge is 0.477 e. The molecule has 2 aromatic rings. The summed E-state index contributed by atoms with van der Waals surface area (Å²) in [5.74, 6) is 1.61. The zero-order valence-corrected chi connectivity index (χ0v) is 16.4. The number of alkyl halides is 3. The van der Waals surface area contributed by atoms with Crippen LogP contribution in [-0.4, -0.2) is 18.7 Å². The number of nitrogens with zero attached hydrogens (tertiary/aromatic N) is 1. The van der Waals surface area contributed by atoms with Crippen molar-refractivity contribution in [3.63, 3.8) is 0 Å². The number of esters is 1. The highest BCUT2D eigenvalue weighted by atomic mass is 35.5. The highest BCUT2D eigenvalue weighted by molar-refractivity contribution is 6.32. The third-order valence-electron chi connectivity index (χ3n) is 3.76. The summed E-state index contributed by atoms with van der Waals surface area (Å²) in [7, 11) is 0. The first-order chi connectivity index (χ1) is 14.2. The lowest BCUT2D eigenvalue weighted by Gasteiger charge is -2.17. The summed E-state index contributed by atoms with van der Waals surface area (Å²) in [4.78, 5) is 12.0. The highest BCUT2D eigenvalue weighted by Crippen LogP contribution is 2.37. The van der Waals surface area contributed by atoms with E-state index in [0.29, 0.717) is 0 Å². The second kappa shape index (κ2) is 9.91.